The van der Waals surface area contributed by atoms with Crippen LogP contribution in [-0.2, 0) is 11.3 Å². The quantitative estimate of drug-likeness (QED) is 0.263. The molecule has 34 heavy (non-hydrogen) atoms. The Hall–Kier alpha value is -1.15. The number of nitrogens with two attached hydrogens (primary N) is 1. The van der Waals surface area contributed by atoms with Gasteiger partial charge in [-0.25, -0.2) is 4.98 Å². The monoisotopic (exact) mass is 749 g/mol. The van der Waals surface area contributed by atoms with E-state index in [1.165, 1.54) is 17.3 Å². The van der Waals surface area contributed by atoms with Gasteiger partial charge in [0.05, 0.1) is 0 Å². The molecule has 2 aromatic heterocycles. The first-order valence-electron chi connectivity index (χ1n) is 11.6. The Bertz CT molecular complexity index is 1240. The third-order valence-electron chi connectivity index (χ3n) is 7.06. The number of likely N-dealkylation sites (tertiary alicyclic amines) is 1. The molecule has 180 valence electrons. The molecule has 7 nitrogen and oxygen atoms in total. The van der Waals surface area contributed by atoms with E-state index in [4.69, 9.17) is 10.5 Å². The second-order valence-electron chi connectivity index (χ2n) is 9.13. The van der Waals surface area contributed by atoms with Gasteiger partial charge in [0.1, 0.15) is 0 Å². The number of imidazole rings is 1. The van der Waals surface area contributed by atoms with Crippen molar-refractivity contribution in [3.05, 3.63) is 56.2 Å². The zero-order valence-electron chi connectivity index (χ0n) is 18.5. The standard InChI is InChI=1S/C24H26BrI2N5O2/c25-21-20-22(28)29-9-11-32(20)23(30-21)19-2-1-10-31(19)24(33)34-13-14-3-5-15(6-4-14)27-8-7-18(27)16-12-17(16)26/h3-6,9,11,16-19H,1-2,7-8,10,12-13H2,(H2,28,29)/t16?,17?,18?,19-/m0/s1. The van der Waals surface area contributed by atoms with Crippen LogP contribution in [0.2, 0.25) is 0 Å². The van der Waals surface area contributed by atoms with E-state index in [1.54, 1.807) is 14.7 Å². The van der Waals surface area contributed by atoms with E-state index in [1.807, 2.05) is 10.6 Å². The molecule has 2 saturated heterocycles. The first kappa shape index (κ1) is 23.3. The number of nitrogens with zero attached hydrogens (tertiary/aromatic N) is 4. The molecule has 3 aliphatic rings. The smallest absolute Gasteiger partial charge is 0.0262 e. The van der Waals surface area contributed by atoms with E-state index >= 15 is 0 Å². The summed E-state index contributed by atoms with van der Waals surface area (Å²) in [5.41, 5.74) is 7.82. The van der Waals surface area contributed by atoms with Crippen LogP contribution in [0.5, 0.6) is 0 Å². The number of aromatic nitrogens is 3. The van der Waals surface area contributed by atoms with Crippen LogP contribution < -0.4 is 5.73 Å². The minimum absolute atomic E-state index is 0.151. The van der Waals surface area contributed by atoms with Gasteiger partial charge in [-0.1, -0.05) is 0 Å². The minimum atomic E-state index is -0.992. The number of benzene rings is 1. The van der Waals surface area contributed by atoms with Crippen molar-refractivity contribution in [1.82, 2.24) is 19.3 Å². The van der Waals surface area contributed by atoms with E-state index in [-0.39, 0.29) is 12.1 Å². The molecule has 0 radical (unpaired) electrons. The summed E-state index contributed by atoms with van der Waals surface area (Å²) in [5.74, 6) is 2.18. The van der Waals surface area contributed by atoms with Gasteiger partial charge in [0, 0.05) is 6.20 Å². The van der Waals surface area contributed by atoms with Crippen LogP contribution in [0.25, 0.3) is 5.52 Å². The van der Waals surface area contributed by atoms with E-state index < -0.39 is 19.8 Å². The average molecular weight is 750 g/mol. The summed E-state index contributed by atoms with van der Waals surface area (Å²) in [6.45, 7) is 0.950. The van der Waals surface area contributed by atoms with Crippen LogP contribution in [-0.4, -0.2) is 44.2 Å². The first-order valence-corrected chi connectivity index (χ1v) is 17.5. The van der Waals surface area contributed by atoms with Crippen LogP contribution in [0.1, 0.15) is 43.1 Å². The predicted molar refractivity (Wildman–Crippen MR) is 152 cm³/mol. The maximum absolute atomic E-state index is 13.0. The minimum Gasteiger partial charge on any atom is -0.0262 e. The van der Waals surface area contributed by atoms with Crippen molar-refractivity contribution in [3.63, 3.8) is 0 Å². The predicted octanol–water partition coefficient (Wildman–Crippen LogP) is 5.82. The van der Waals surface area contributed by atoms with E-state index in [9.17, 15) is 4.79 Å². The van der Waals surface area contributed by atoms with Crippen molar-refractivity contribution >= 4 is 75.8 Å². The Kier molecular flexibility index (Phi) is 6.42. The zero-order chi connectivity index (χ0) is 23.4. The van der Waals surface area contributed by atoms with Gasteiger partial charge in [-0.15, -0.1) is 0 Å². The number of carbonyl (C=O) groups excluding carboxylic acids is 1. The number of nitrogen functional groups attached to an aromatic ring is 1. The third-order valence-corrected chi connectivity index (χ3v) is 16.6. The van der Waals surface area contributed by atoms with Gasteiger partial charge >= 0.3 is 191 Å². The molecule has 2 N–H and O–H groups in total. The number of anilines is 1. The van der Waals surface area contributed by atoms with Crippen LogP contribution in [0.4, 0.5) is 10.6 Å². The summed E-state index contributed by atoms with van der Waals surface area (Å²) < 4.78 is 13.3. The summed E-state index contributed by atoms with van der Waals surface area (Å²) in [7, 11) is 0. The average Bonchev–Trinajstić information content (AvgIpc) is 3.20. The molecule has 3 unspecified atom stereocenters. The Balaban J connectivity index is 1.11. The first-order chi connectivity index (χ1) is 16.5. The molecule has 1 amide bonds. The number of hydrogen-bond donors (Lipinski definition) is 1. The molecule has 0 spiro atoms. The number of amides is 1. The van der Waals surface area contributed by atoms with Crippen LogP contribution in [0.3, 0.4) is 0 Å². The van der Waals surface area contributed by atoms with Gasteiger partial charge in [0.25, 0.3) is 0 Å². The molecular formula is C24H26BrI2N5O2. The summed E-state index contributed by atoms with van der Waals surface area (Å²) in [6, 6.07) is 8.76. The van der Waals surface area contributed by atoms with Crippen LogP contribution in [0, 0.1) is 9.49 Å². The Morgan fingerprint density at radius 1 is 1.29 bits per heavy atom. The molecule has 3 fully saturated rings. The topological polar surface area (TPSA) is 85.8 Å². The normalized spacial score (nSPS) is 27.1. The fourth-order valence-electron chi connectivity index (χ4n) is 5.08. The second kappa shape index (κ2) is 9.38. The fourth-order valence-corrected chi connectivity index (χ4v) is 14.2. The number of rotatable bonds is 5. The van der Waals surface area contributed by atoms with E-state index in [2.05, 4.69) is 72.8 Å². The van der Waals surface area contributed by atoms with Crippen molar-refractivity contribution in [2.24, 2.45) is 5.92 Å². The molecule has 1 saturated carbocycles. The van der Waals surface area contributed by atoms with Crippen molar-refractivity contribution in [2.75, 3.05) is 16.7 Å². The fraction of sp³-hybridized carbons (Fsp3) is 0.458. The molecule has 4 heterocycles. The van der Waals surface area contributed by atoms with Gasteiger partial charge in [-0.05, 0) is 15.9 Å². The van der Waals surface area contributed by atoms with E-state index in [0.717, 1.165) is 43.5 Å². The summed E-state index contributed by atoms with van der Waals surface area (Å²) in [4.78, 5) is 23.6. The maximum atomic E-state index is 13.0. The van der Waals surface area contributed by atoms with Gasteiger partial charge in [0.15, 0.2) is 5.82 Å². The third kappa shape index (κ3) is 4.21. The van der Waals surface area contributed by atoms with Crippen LogP contribution in [0.15, 0.2) is 41.3 Å². The molecule has 4 atom stereocenters. The number of hydrogen-bond acceptors (Lipinski definition) is 5. The number of alkyl halides is 3. The molecule has 10 heteroatoms. The summed E-state index contributed by atoms with van der Waals surface area (Å²) in [6.07, 6.45) is 7.82. The number of carbonyl (C=O) groups is 1. The van der Waals surface area contributed by atoms with Gasteiger partial charge in [-0.2, -0.15) is 0 Å². The number of ether oxygens (including phenoxy) is 1. The SMILES string of the molecule is Nc1nccn2c([C@@H]3CCCN3C(=O)OCc3ccc(I4CCC4C4CC4I)cc3)nc(Br)c12. The number of fused-ring (bicyclic) bond motifs is 1. The number of halogens is 3. The van der Waals surface area contributed by atoms with Crippen LogP contribution >= 0.6 is 58.3 Å². The summed E-state index contributed by atoms with van der Waals surface area (Å²) in [5, 5.41) is 0. The van der Waals surface area contributed by atoms with Crippen molar-refractivity contribution in [3.8, 4) is 0 Å². The Labute approximate surface area is 227 Å². The Morgan fingerprint density at radius 2 is 2.09 bits per heavy atom. The van der Waals surface area contributed by atoms with Crippen molar-refractivity contribution in [1.29, 1.82) is 0 Å². The second-order valence-corrected chi connectivity index (χ2v) is 17.7. The molecule has 6 rings (SSSR count). The van der Waals surface area contributed by atoms with Crippen molar-refractivity contribution in [2.45, 2.75) is 46.2 Å². The summed E-state index contributed by atoms with van der Waals surface area (Å²) >= 11 is 5.13. The van der Waals surface area contributed by atoms with Crippen molar-refractivity contribution < 1.29 is 9.53 Å². The molecule has 1 aromatic carbocycles. The van der Waals surface area contributed by atoms with Gasteiger partial charge in [0.2, 0.25) is 0 Å². The van der Waals surface area contributed by atoms with Gasteiger partial charge < -0.3 is 5.73 Å². The van der Waals surface area contributed by atoms with Gasteiger partial charge in [-0.3, -0.25) is 0 Å². The molecule has 0 bridgehead atoms. The van der Waals surface area contributed by atoms with E-state index in [0.29, 0.717) is 23.6 Å². The molecule has 1 aliphatic carbocycles. The molecule has 2 aliphatic heterocycles. The zero-order valence-corrected chi connectivity index (χ0v) is 24.4. The molecular weight excluding hydrogens is 724 g/mol. The Morgan fingerprint density at radius 3 is 2.79 bits per heavy atom. The molecule has 3 aromatic rings.